The van der Waals surface area contributed by atoms with Gasteiger partial charge in [-0.3, -0.25) is 0 Å². The number of pyridine rings is 1. The Morgan fingerprint density at radius 2 is 2.33 bits per heavy atom. The highest BCUT2D eigenvalue weighted by Crippen LogP contribution is 2.11. The number of hydrogen-bond donors (Lipinski definition) is 1. The van der Waals surface area contributed by atoms with Gasteiger partial charge in [-0.25, -0.2) is 4.39 Å². The molecule has 0 radical (unpaired) electrons. The summed E-state index contributed by atoms with van der Waals surface area (Å²) in [5.41, 5.74) is 0. The molecule has 0 unspecified atom stereocenters. The van der Waals surface area contributed by atoms with Crippen molar-refractivity contribution in [3.05, 3.63) is 27.7 Å². The largest absolute Gasteiger partial charge is 0.350 e. The lowest BCUT2D eigenvalue weighted by Gasteiger charge is -1.89. The first-order chi connectivity index (χ1) is 4.22. The molecule has 4 heteroatoms. The van der Waals surface area contributed by atoms with Gasteiger partial charge in [0.15, 0.2) is 5.82 Å². The van der Waals surface area contributed by atoms with E-state index in [9.17, 15) is 4.39 Å². The van der Waals surface area contributed by atoms with Gasteiger partial charge in [-0.05, 0) is 6.07 Å². The monoisotopic (exact) mass is 163 g/mol. The van der Waals surface area contributed by atoms with Crippen LogP contribution in [0.4, 0.5) is 4.39 Å². The Morgan fingerprint density at radius 3 is 2.78 bits per heavy atom. The average molecular weight is 164 g/mol. The molecule has 0 saturated heterocycles. The van der Waals surface area contributed by atoms with Crippen LogP contribution < -0.4 is 0 Å². The van der Waals surface area contributed by atoms with Crippen molar-refractivity contribution in [2.24, 2.45) is 0 Å². The Balaban J connectivity index is 3.43. The summed E-state index contributed by atoms with van der Waals surface area (Å²) in [4.78, 5) is 2.50. The van der Waals surface area contributed by atoms with Crippen molar-refractivity contribution in [1.82, 2.24) is 4.98 Å². The highest BCUT2D eigenvalue weighted by Gasteiger charge is 1.96. The van der Waals surface area contributed by atoms with Crippen LogP contribution in [-0.4, -0.2) is 4.98 Å². The normalized spacial score (nSPS) is 9.56. The predicted octanol–water partition coefficient (Wildman–Crippen LogP) is 2.54. The summed E-state index contributed by atoms with van der Waals surface area (Å²) in [5.74, 6) is -0.561. The molecule has 0 amide bonds. The van der Waals surface area contributed by atoms with Crippen LogP contribution in [0, 0.1) is 10.5 Å². The first kappa shape index (κ1) is 6.71. The number of nitrogens with one attached hydrogen (secondary N) is 1. The lowest BCUT2D eigenvalue weighted by atomic mass is 10.5. The van der Waals surface area contributed by atoms with E-state index in [1.54, 1.807) is 0 Å². The van der Waals surface area contributed by atoms with Gasteiger partial charge < -0.3 is 4.98 Å². The molecule has 0 aliphatic carbocycles. The Morgan fingerprint density at radius 1 is 1.67 bits per heavy atom. The van der Waals surface area contributed by atoms with Crippen molar-refractivity contribution in [2.45, 2.75) is 0 Å². The van der Waals surface area contributed by atoms with Gasteiger partial charge in [0.25, 0.3) is 0 Å². The average Bonchev–Trinajstić information content (AvgIpc) is 1.83. The molecule has 1 nitrogen and oxygen atoms in total. The van der Waals surface area contributed by atoms with E-state index in [-0.39, 0.29) is 9.66 Å². The van der Waals surface area contributed by atoms with Crippen molar-refractivity contribution in [3.8, 4) is 0 Å². The fraction of sp³-hybridized carbons (Fsp3) is 0. The van der Waals surface area contributed by atoms with E-state index in [0.29, 0.717) is 0 Å². The van der Waals surface area contributed by atoms with E-state index in [1.165, 1.54) is 12.3 Å². The van der Waals surface area contributed by atoms with Crippen LogP contribution in [0.2, 0.25) is 5.02 Å². The van der Waals surface area contributed by atoms with Gasteiger partial charge in [0.2, 0.25) is 0 Å². The SMILES string of the molecule is Fc1c(Cl)cc[nH]c1=S. The molecule has 9 heavy (non-hydrogen) atoms. The molecule has 0 aliphatic heterocycles. The second-order valence-corrected chi connectivity index (χ2v) is 2.28. The maximum Gasteiger partial charge on any atom is 0.176 e. The number of aromatic nitrogens is 1. The fourth-order valence-corrected chi connectivity index (χ4v) is 0.827. The Labute approximate surface area is 61.5 Å². The zero-order chi connectivity index (χ0) is 6.85. The molecule has 0 bridgehead atoms. The molecule has 0 fully saturated rings. The lowest BCUT2D eigenvalue weighted by molar-refractivity contribution is 0.617. The predicted molar refractivity (Wildman–Crippen MR) is 36.6 cm³/mol. The Kier molecular flexibility index (Phi) is 1.83. The minimum atomic E-state index is -0.561. The van der Waals surface area contributed by atoms with Crippen molar-refractivity contribution < 1.29 is 4.39 Å². The van der Waals surface area contributed by atoms with Crippen LogP contribution in [-0.2, 0) is 0 Å². The fourth-order valence-electron chi connectivity index (χ4n) is 0.436. The second-order valence-electron chi connectivity index (χ2n) is 1.47. The molecule has 1 aromatic heterocycles. The number of hydrogen-bond acceptors (Lipinski definition) is 1. The molecule has 0 aliphatic rings. The van der Waals surface area contributed by atoms with Crippen molar-refractivity contribution in [1.29, 1.82) is 0 Å². The van der Waals surface area contributed by atoms with Gasteiger partial charge in [0.05, 0.1) is 5.02 Å². The highest BCUT2D eigenvalue weighted by molar-refractivity contribution is 7.71. The van der Waals surface area contributed by atoms with E-state index >= 15 is 0 Å². The zero-order valence-corrected chi connectivity index (χ0v) is 5.89. The molecular weight excluding hydrogens is 161 g/mol. The third kappa shape index (κ3) is 1.28. The first-order valence-electron chi connectivity index (χ1n) is 2.24. The maximum absolute atomic E-state index is 12.5. The number of H-pyrrole nitrogens is 1. The van der Waals surface area contributed by atoms with Crippen molar-refractivity contribution >= 4 is 23.8 Å². The van der Waals surface area contributed by atoms with E-state index in [0.717, 1.165) is 0 Å². The Bertz CT molecular complexity index is 270. The molecule has 1 rings (SSSR count). The van der Waals surface area contributed by atoms with Crippen LogP contribution in [0.5, 0.6) is 0 Å². The second kappa shape index (κ2) is 2.45. The van der Waals surface area contributed by atoms with Gasteiger partial charge in [0.1, 0.15) is 4.64 Å². The summed E-state index contributed by atoms with van der Waals surface area (Å²) in [7, 11) is 0. The molecule has 1 aromatic rings. The van der Waals surface area contributed by atoms with E-state index in [4.69, 9.17) is 11.6 Å². The van der Waals surface area contributed by atoms with Gasteiger partial charge in [-0.1, -0.05) is 23.8 Å². The summed E-state index contributed by atoms with van der Waals surface area (Å²) in [6.07, 6.45) is 1.49. The standard InChI is InChI=1S/C5H3ClFNS/c6-3-1-2-8-5(9)4(3)7/h1-2H,(H,8,9). The minimum absolute atomic E-state index is 0.0440. The van der Waals surface area contributed by atoms with Crippen molar-refractivity contribution in [3.63, 3.8) is 0 Å². The summed E-state index contributed by atoms with van der Waals surface area (Å²) in [5, 5.41) is 0.0544. The summed E-state index contributed by atoms with van der Waals surface area (Å²) < 4.78 is 12.5. The molecule has 0 saturated carbocycles. The summed E-state index contributed by atoms with van der Waals surface area (Å²) >= 11 is 9.88. The third-order valence-corrected chi connectivity index (χ3v) is 1.44. The van der Waals surface area contributed by atoms with Crippen LogP contribution in [0.1, 0.15) is 0 Å². The van der Waals surface area contributed by atoms with Gasteiger partial charge in [-0.15, -0.1) is 0 Å². The zero-order valence-electron chi connectivity index (χ0n) is 4.32. The smallest absolute Gasteiger partial charge is 0.176 e. The van der Waals surface area contributed by atoms with E-state index in [1.807, 2.05) is 0 Å². The number of aromatic amines is 1. The molecule has 1 N–H and O–H groups in total. The molecular formula is C5H3ClFNS. The lowest BCUT2D eigenvalue weighted by Crippen LogP contribution is -1.80. The van der Waals surface area contributed by atoms with E-state index < -0.39 is 5.82 Å². The highest BCUT2D eigenvalue weighted by atomic mass is 35.5. The summed E-state index contributed by atoms with van der Waals surface area (Å²) in [6.45, 7) is 0. The van der Waals surface area contributed by atoms with E-state index in [2.05, 4.69) is 17.2 Å². The van der Waals surface area contributed by atoms with Crippen LogP contribution in [0.25, 0.3) is 0 Å². The first-order valence-corrected chi connectivity index (χ1v) is 3.03. The minimum Gasteiger partial charge on any atom is -0.350 e. The quantitative estimate of drug-likeness (QED) is 0.582. The number of rotatable bonds is 0. The van der Waals surface area contributed by atoms with Crippen LogP contribution in [0.15, 0.2) is 12.3 Å². The maximum atomic E-state index is 12.5. The molecule has 0 spiro atoms. The van der Waals surface area contributed by atoms with Crippen LogP contribution in [0.3, 0.4) is 0 Å². The molecule has 1 heterocycles. The molecule has 0 aromatic carbocycles. The van der Waals surface area contributed by atoms with Gasteiger partial charge >= 0.3 is 0 Å². The number of halogens is 2. The Hall–Kier alpha value is -0.410. The molecule has 48 valence electrons. The van der Waals surface area contributed by atoms with Gasteiger partial charge in [0, 0.05) is 6.20 Å². The summed E-state index contributed by atoms with van der Waals surface area (Å²) in [6, 6.07) is 1.41. The van der Waals surface area contributed by atoms with Crippen molar-refractivity contribution in [2.75, 3.05) is 0 Å². The van der Waals surface area contributed by atoms with Gasteiger partial charge in [-0.2, -0.15) is 0 Å². The topological polar surface area (TPSA) is 15.8 Å². The van der Waals surface area contributed by atoms with Crippen LogP contribution >= 0.6 is 23.8 Å². The molecule has 0 atom stereocenters. The third-order valence-electron chi connectivity index (χ3n) is 0.853.